The van der Waals surface area contributed by atoms with Crippen molar-refractivity contribution in [2.24, 2.45) is 5.73 Å². The second kappa shape index (κ2) is 10.6. The molecule has 1 aliphatic rings. The second-order valence-corrected chi connectivity index (χ2v) is 7.17. The molecule has 1 unspecified atom stereocenters. The Labute approximate surface area is 168 Å². The van der Waals surface area contributed by atoms with Gasteiger partial charge in [-0.2, -0.15) is 0 Å². The zero-order valence-electron chi connectivity index (χ0n) is 16.1. The first-order valence-corrected chi connectivity index (χ1v) is 9.64. The number of hydrogen-bond donors (Lipinski definition) is 4. The number of likely N-dealkylation sites (tertiary alicyclic amines) is 1. The quantitative estimate of drug-likeness (QED) is 0.415. The van der Waals surface area contributed by atoms with Gasteiger partial charge in [0.2, 0.25) is 11.8 Å². The first kappa shape index (κ1) is 22.4. The fourth-order valence-corrected chi connectivity index (χ4v) is 3.53. The van der Waals surface area contributed by atoms with Gasteiger partial charge in [-0.1, -0.05) is 30.3 Å². The molecule has 2 rings (SSSR count). The summed E-state index contributed by atoms with van der Waals surface area (Å²) >= 11 is 0. The highest BCUT2D eigenvalue weighted by atomic mass is 16.4. The van der Waals surface area contributed by atoms with Crippen LogP contribution in [0.25, 0.3) is 0 Å². The van der Waals surface area contributed by atoms with E-state index in [4.69, 9.17) is 5.73 Å². The molecule has 5 N–H and O–H groups in total. The predicted octanol–water partition coefficient (Wildman–Crippen LogP) is 0.372. The Bertz CT molecular complexity index is 739. The Kier molecular flexibility index (Phi) is 8.14. The van der Waals surface area contributed by atoms with Crippen molar-refractivity contribution < 1.29 is 29.4 Å². The normalized spacial score (nSPS) is 18.2. The molecule has 0 bridgehead atoms. The maximum Gasteiger partial charge on any atom is 0.326 e. The summed E-state index contributed by atoms with van der Waals surface area (Å²) in [4.78, 5) is 48.6. The van der Waals surface area contributed by atoms with E-state index in [0.29, 0.717) is 19.3 Å². The van der Waals surface area contributed by atoms with E-state index in [9.17, 15) is 29.4 Å². The lowest BCUT2D eigenvalue weighted by Crippen LogP contribution is -2.54. The number of benzene rings is 1. The summed E-state index contributed by atoms with van der Waals surface area (Å²) in [5.41, 5.74) is 6.16. The van der Waals surface area contributed by atoms with Crippen LogP contribution in [0.2, 0.25) is 0 Å². The van der Waals surface area contributed by atoms with Crippen LogP contribution in [-0.2, 0) is 25.6 Å². The van der Waals surface area contributed by atoms with E-state index in [-0.39, 0.29) is 25.8 Å². The van der Waals surface area contributed by atoms with Crippen LogP contribution in [0.5, 0.6) is 0 Å². The number of hydrogen-bond acceptors (Lipinski definition) is 5. The number of carbonyl (C=O) groups is 4. The van der Waals surface area contributed by atoms with E-state index in [1.807, 2.05) is 30.3 Å². The minimum atomic E-state index is -1.12. The number of nitrogens with one attached hydrogen (secondary N) is 1. The highest BCUT2D eigenvalue weighted by molar-refractivity contribution is 5.88. The van der Waals surface area contributed by atoms with Crippen LogP contribution in [0, 0.1) is 0 Å². The van der Waals surface area contributed by atoms with Crippen molar-refractivity contribution in [3.8, 4) is 0 Å². The summed E-state index contributed by atoms with van der Waals surface area (Å²) in [6, 6.07) is 6.39. The van der Waals surface area contributed by atoms with Gasteiger partial charge in [0.1, 0.15) is 12.1 Å². The van der Waals surface area contributed by atoms with Gasteiger partial charge in [-0.15, -0.1) is 0 Å². The topological polar surface area (TPSA) is 150 Å². The summed E-state index contributed by atoms with van der Waals surface area (Å²) in [5, 5.41) is 21.7. The average Bonchev–Trinajstić information content (AvgIpc) is 3.17. The van der Waals surface area contributed by atoms with Gasteiger partial charge >= 0.3 is 11.9 Å². The van der Waals surface area contributed by atoms with Crippen LogP contribution < -0.4 is 11.1 Å². The molecule has 1 fully saturated rings. The molecule has 1 saturated heterocycles. The maximum atomic E-state index is 13.0. The molecular formula is C20H27N3O6. The van der Waals surface area contributed by atoms with Gasteiger partial charge in [0.25, 0.3) is 0 Å². The van der Waals surface area contributed by atoms with E-state index >= 15 is 0 Å². The molecule has 9 nitrogen and oxygen atoms in total. The zero-order valence-corrected chi connectivity index (χ0v) is 16.1. The fraction of sp³-hybridized carbons (Fsp3) is 0.500. The highest BCUT2D eigenvalue weighted by Gasteiger charge is 2.38. The lowest BCUT2D eigenvalue weighted by molar-refractivity contribution is -0.150. The number of amides is 2. The Morgan fingerprint density at radius 2 is 1.79 bits per heavy atom. The first-order valence-electron chi connectivity index (χ1n) is 9.64. The molecule has 1 aromatic carbocycles. The van der Waals surface area contributed by atoms with Gasteiger partial charge in [-0.25, -0.2) is 4.79 Å². The van der Waals surface area contributed by atoms with Crippen molar-refractivity contribution >= 4 is 23.8 Å². The largest absolute Gasteiger partial charge is 0.480 e. The van der Waals surface area contributed by atoms with Crippen molar-refractivity contribution in [1.29, 1.82) is 0 Å². The Morgan fingerprint density at radius 3 is 2.38 bits per heavy atom. The average molecular weight is 405 g/mol. The van der Waals surface area contributed by atoms with Crippen LogP contribution in [0.3, 0.4) is 0 Å². The Hall–Kier alpha value is -2.94. The third-order valence-corrected chi connectivity index (χ3v) is 5.06. The summed E-state index contributed by atoms with van der Waals surface area (Å²) < 4.78 is 0. The minimum absolute atomic E-state index is 0.00607. The number of nitrogens with two attached hydrogens (primary N) is 1. The van der Waals surface area contributed by atoms with Crippen molar-refractivity contribution in [1.82, 2.24) is 10.2 Å². The molecule has 0 aliphatic carbocycles. The zero-order chi connectivity index (χ0) is 21.4. The number of nitrogens with zero attached hydrogens (tertiary/aromatic N) is 1. The second-order valence-electron chi connectivity index (χ2n) is 7.17. The van der Waals surface area contributed by atoms with E-state index in [1.165, 1.54) is 4.90 Å². The molecule has 9 heteroatoms. The van der Waals surface area contributed by atoms with E-state index in [2.05, 4.69) is 5.32 Å². The summed E-state index contributed by atoms with van der Waals surface area (Å²) in [6.45, 7) is 0.284. The van der Waals surface area contributed by atoms with Gasteiger partial charge in [-0.3, -0.25) is 19.7 Å². The number of aliphatic carboxylic acids is 2. The molecule has 0 aromatic heterocycles. The van der Waals surface area contributed by atoms with Crippen LogP contribution >= 0.6 is 0 Å². The number of primary amides is 1. The molecule has 3 atom stereocenters. The van der Waals surface area contributed by atoms with Gasteiger partial charge in [0.15, 0.2) is 0 Å². The van der Waals surface area contributed by atoms with Gasteiger partial charge in [0.05, 0.1) is 6.04 Å². The number of carboxylic acids is 2. The minimum Gasteiger partial charge on any atom is -0.480 e. The fourth-order valence-electron chi connectivity index (χ4n) is 3.53. The molecular weight excluding hydrogens is 378 g/mol. The third-order valence-electron chi connectivity index (χ3n) is 5.06. The summed E-state index contributed by atoms with van der Waals surface area (Å²) in [7, 11) is 0. The van der Waals surface area contributed by atoms with E-state index < -0.39 is 41.9 Å². The SMILES string of the molecule is NC(=O)CC[C@H](NC(CCc1ccccc1)C(=O)O)C(=O)N1CCC[C@H]1C(=O)O. The molecule has 1 aromatic rings. The van der Waals surface area contributed by atoms with Gasteiger partial charge < -0.3 is 20.8 Å². The Balaban J connectivity index is 2.11. The lowest BCUT2D eigenvalue weighted by Gasteiger charge is -2.29. The van der Waals surface area contributed by atoms with E-state index in [0.717, 1.165) is 5.56 Å². The molecule has 1 heterocycles. The van der Waals surface area contributed by atoms with Crippen LogP contribution in [-0.4, -0.2) is 63.5 Å². The molecule has 29 heavy (non-hydrogen) atoms. The van der Waals surface area contributed by atoms with Crippen molar-refractivity contribution in [2.75, 3.05) is 6.54 Å². The molecule has 0 radical (unpaired) electrons. The molecule has 1 aliphatic heterocycles. The van der Waals surface area contributed by atoms with Crippen LogP contribution in [0.1, 0.15) is 37.7 Å². The Morgan fingerprint density at radius 1 is 1.10 bits per heavy atom. The lowest BCUT2D eigenvalue weighted by atomic mass is 10.0. The number of rotatable bonds is 11. The van der Waals surface area contributed by atoms with Crippen LogP contribution in [0.15, 0.2) is 30.3 Å². The molecule has 2 amide bonds. The smallest absolute Gasteiger partial charge is 0.326 e. The standard InChI is InChI=1S/C20H27N3O6/c21-17(24)11-10-14(18(25)23-12-4-7-16(23)20(28)29)22-15(19(26)27)9-8-13-5-2-1-3-6-13/h1-3,5-6,14-16,22H,4,7-12H2,(H2,21,24)(H,26,27)(H,28,29)/t14-,15?,16-/m0/s1. The predicted molar refractivity (Wildman–Crippen MR) is 104 cm³/mol. The molecule has 0 saturated carbocycles. The number of carbonyl (C=O) groups excluding carboxylic acids is 2. The third kappa shape index (κ3) is 6.56. The van der Waals surface area contributed by atoms with Crippen molar-refractivity contribution in [3.05, 3.63) is 35.9 Å². The summed E-state index contributed by atoms with van der Waals surface area (Å²) in [6.07, 6.45) is 1.53. The van der Waals surface area contributed by atoms with Gasteiger partial charge in [0, 0.05) is 13.0 Å². The van der Waals surface area contributed by atoms with Crippen LogP contribution in [0.4, 0.5) is 0 Å². The maximum absolute atomic E-state index is 13.0. The van der Waals surface area contributed by atoms with Crippen molar-refractivity contribution in [2.45, 2.75) is 56.7 Å². The summed E-state index contributed by atoms with van der Waals surface area (Å²) in [5.74, 6) is -3.34. The number of aryl methyl sites for hydroxylation is 1. The molecule has 0 spiro atoms. The van der Waals surface area contributed by atoms with Crippen molar-refractivity contribution in [3.63, 3.8) is 0 Å². The number of carboxylic acid groups (broad SMARTS) is 2. The molecule has 158 valence electrons. The van der Waals surface area contributed by atoms with E-state index in [1.54, 1.807) is 0 Å². The first-order chi connectivity index (χ1) is 13.8. The monoisotopic (exact) mass is 405 g/mol. The highest BCUT2D eigenvalue weighted by Crippen LogP contribution is 2.20. The van der Waals surface area contributed by atoms with Gasteiger partial charge in [-0.05, 0) is 37.7 Å².